The molecule has 236 valence electrons. The highest BCUT2D eigenvalue weighted by molar-refractivity contribution is 5.78. The quantitative estimate of drug-likeness (QED) is 0.208. The van der Waals surface area contributed by atoms with Gasteiger partial charge in [0.2, 0.25) is 5.91 Å². The molecule has 0 aromatic heterocycles. The van der Waals surface area contributed by atoms with Crippen LogP contribution in [-0.4, -0.2) is 76.6 Å². The largest absolute Gasteiger partial charge is 0.496 e. The molecule has 0 aliphatic carbocycles. The molecule has 0 radical (unpaired) electrons. The summed E-state index contributed by atoms with van der Waals surface area (Å²) in [7, 11) is 1.68. The standard InChI is InChI=1S/C36H46N2O6/c1-40-33-10-4-3-9-30(33)27-41-22-7-23-42-31-15-13-28(14-16-31)32-17-19-37-26-35(32)44-25-24-43-34-11-5-2-8-29(34)18-21-38-20-6-12-36(38)39/h2-5,8-11,13-16,32,35,37H,6-7,12,17-27H2,1H3. The summed E-state index contributed by atoms with van der Waals surface area (Å²) in [4.78, 5) is 13.9. The molecule has 2 atom stereocenters. The van der Waals surface area contributed by atoms with Crippen molar-refractivity contribution >= 4 is 5.91 Å². The summed E-state index contributed by atoms with van der Waals surface area (Å²) in [6, 6.07) is 24.5. The van der Waals surface area contributed by atoms with Crippen LogP contribution in [0.5, 0.6) is 17.2 Å². The Hall–Kier alpha value is -3.59. The Morgan fingerprint density at radius 1 is 0.864 bits per heavy atom. The molecule has 44 heavy (non-hydrogen) atoms. The molecular weight excluding hydrogens is 556 g/mol. The third-order valence-corrected chi connectivity index (χ3v) is 8.35. The first kappa shape index (κ1) is 31.8. The van der Waals surface area contributed by atoms with Crippen LogP contribution in [0.3, 0.4) is 0 Å². The maximum atomic E-state index is 12.0. The van der Waals surface area contributed by atoms with Crippen molar-refractivity contribution in [3.63, 3.8) is 0 Å². The van der Waals surface area contributed by atoms with Gasteiger partial charge in [0, 0.05) is 44.0 Å². The summed E-state index contributed by atoms with van der Waals surface area (Å²) >= 11 is 0. The van der Waals surface area contributed by atoms with Crippen LogP contribution in [0, 0.1) is 0 Å². The Bertz CT molecular complexity index is 1300. The maximum absolute atomic E-state index is 12.0. The van der Waals surface area contributed by atoms with Crippen molar-refractivity contribution in [3.8, 4) is 17.2 Å². The Morgan fingerprint density at radius 3 is 2.45 bits per heavy atom. The lowest BCUT2D eigenvalue weighted by atomic mass is 9.88. The summed E-state index contributed by atoms with van der Waals surface area (Å²) in [5.74, 6) is 3.17. The monoisotopic (exact) mass is 602 g/mol. The number of ether oxygens (including phenoxy) is 5. The Labute approximate surface area is 261 Å². The zero-order valence-electron chi connectivity index (χ0n) is 25.9. The number of methoxy groups -OCH3 is 1. The van der Waals surface area contributed by atoms with Gasteiger partial charge in [0.05, 0.1) is 39.6 Å². The number of nitrogens with one attached hydrogen (secondary N) is 1. The molecule has 0 bridgehead atoms. The first-order valence-corrected chi connectivity index (χ1v) is 15.9. The summed E-state index contributed by atoms with van der Waals surface area (Å²) in [6.07, 6.45) is 4.35. The van der Waals surface area contributed by atoms with E-state index in [-0.39, 0.29) is 12.0 Å². The van der Waals surface area contributed by atoms with Crippen molar-refractivity contribution in [1.29, 1.82) is 0 Å². The first-order valence-electron chi connectivity index (χ1n) is 15.9. The molecule has 2 aliphatic heterocycles. The second-order valence-corrected chi connectivity index (χ2v) is 11.3. The Morgan fingerprint density at radius 2 is 1.66 bits per heavy atom. The number of piperidine rings is 1. The van der Waals surface area contributed by atoms with Gasteiger partial charge >= 0.3 is 0 Å². The third kappa shape index (κ3) is 9.21. The average molecular weight is 603 g/mol. The van der Waals surface area contributed by atoms with Crippen LogP contribution in [0.25, 0.3) is 0 Å². The number of para-hydroxylation sites is 2. The van der Waals surface area contributed by atoms with Crippen LogP contribution in [-0.2, 0) is 27.3 Å². The van der Waals surface area contributed by atoms with Gasteiger partial charge in [0.1, 0.15) is 23.9 Å². The predicted octanol–water partition coefficient (Wildman–Crippen LogP) is 5.39. The second kappa shape index (κ2) is 17.0. The van der Waals surface area contributed by atoms with Crippen LogP contribution >= 0.6 is 0 Å². The fourth-order valence-corrected chi connectivity index (χ4v) is 5.95. The van der Waals surface area contributed by atoms with Gasteiger partial charge in [-0.1, -0.05) is 48.5 Å². The molecule has 1 amide bonds. The highest BCUT2D eigenvalue weighted by atomic mass is 16.5. The molecule has 8 heteroatoms. The van der Waals surface area contributed by atoms with Crippen molar-refractivity contribution < 1.29 is 28.5 Å². The smallest absolute Gasteiger partial charge is 0.222 e. The van der Waals surface area contributed by atoms with Crippen LogP contribution < -0.4 is 19.5 Å². The van der Waals surface area contributed by atoms with Crippen molar-refractivity contribution in [1.82, 2.24) is 10.2 Å². The van der Waals surface area contributed by atoms with E-state index in [4.69, 9.17) is 23.7 Å². The van der Waals surface area contributed by atoms with E-state index in [0.717, 1.165) is 80.2 Å². The van der Waals surface area contributed by atoms with Crippen molar-refractivity contribution in [2.45, 2.75) is 50.7 Å². The fourth-order valence-electron chi connectivity index (χ4n) is 5.95. The van der Waals surface area contributed by atoms with Gasteiger partial charge in [-0.25, -0.2) is 0 Å². The van der Waals surface area contributed by atoms with E-state index in [0.29, 0.717) is 45.4 Å². The molecule has 8 nitrogen and oxygen atoms in total. The number of amides is 1. The lowest BCUT2D eigenvalue weighted by molar-refractivity contribution is -0.127. The number of hydrogen-bond acceptors (Lipinski definition) is 7. The number of carbonyl (C=O) groups is 1. The topological polar surface area (TPSA) is 78.5 Å². The normalized spacial score (nSPS) is 18.4. The van der Waals surface area contributed by atoms with E-state index in [1.807, 2.05) is 47.4 Å². The Balaban J connectivity index is 1.02. The van der Waals surface area contributed by atoms with Crippen molar-refractivity contribution in [2.75, 3.05) is 59.7 Å². The molecule has 1 N–H and O–H groups in total. The summed E-state index contributed by atoms with van der Waals surface area (Å²) in [5.41, 5.74) is 3.45. The molecule has 2 heterocycles. The van der Waals surface area contributed by atoms with Crippen LogP contribution in [0.2, 0.25) is 0 Å². The number of hydrogen-bond donors (Lipinski definition) is 1. The fraction of sp³-hybridized carbons (Fsp3) is 0.472. The van der Waals surface area contributed by atoms with Crippen molar-refractivity contribution in [2.24, 2.45) is 0 Å². The minimum absolute atomic E-state index is 0.0796. The number of carbonyl (C=O) groups excluding carboxylic acids is 1. The van der Waals surface area contributed by atoms with E-state index in [2.05, 4.69) is 35.6 Å². The van der Waals surface area contributed by atoms with Crippen molar-refractivity contribution in [3.05, 3.63) is 89.5 Å². The van der Waals surface area contributed by atoms with Gasteiger partial charge in [0.25, 0.3) is 0 Å². The van der Waals surface area contributed by atoms with Gasteiger partial charge in [-0.3, -0.25) is 4.79 Å². The third-order valence-electron chi connectivity index (χ3n) is 8.35. The van der Waals surface area contributed by atoms with Gasteiger partial charge in [-0.2, -0.15) is 0 Å². The number of likely N-dealkylation sites (tertiary alicyclic amines) is 1. The molecule has 0 spiro atoms. The number of benzene rings is 3. The average Bonchev–Trinajstić information content (AvgIpc) is 3.49. The molecule has 2 fully saturated rings. The predicted molar refractivity (Wildman–Crippen MR) is 171 cm³/mol. The van der Waals surface area contributed by atoms with E-state index in [9.17, 15) is 4.79 Å². The van der Waals surface area contributed by atoms with E-state index in [1.165, 1.54) is 5.56 Å². The van der Waals surface area contributed by atoms with E-state index < -0.39 is 0 Å². The van der Waals surface area contributed by atoms with E-state index >= 15 is 0 Å². The lowest BCUT2D eigenvalue weighted by Crippen LogP contribution is -2.41. The molecule has 5 rings (SSSR count). The molecule has 3 aromatic carbocycles. The van der Waals surface area contributed by atoms with Crippen LogP contribution in [0.4, 0.5) is 0 Å². The highest BCUT2D eigenvalue weighted by Crippen LogP contribution is 2.29. The first-order chi connectivity index (χ1) is 21.7. The zero-order chi connectivity index (χ0) is 30.4. The highest BCUT2D eigenvalue weighted by Gasteiger charge is 2.27. The van der Waals surface area contributed by atoms with Crippen LogP contribution in [0.1, 0.15) is 48.3 Å². The SMILES string of the molecule is COc1ccccc1COCCCOc1ccc(C2CCNCC2OCCOc2ccccc2CCN2CCCC2=O)cc1. The summed E-state index contributed by atoms with van der Waals surface area (Å²) < 4.78 is 29.7. The van der Waals surface area contributed by atoms with Gasteiger partial charge in [-0.15, -0.1) is 0 Å². The molecule has 2 saturated heterocycles. The Kier molecular flexibility index (Phi) is 12.3. The molecular formula is C36H46N2O6. The van der Waals surface area contributed by atoms with Gasteiger partial charge in [-0.05, 0) is 61.2 Å². The van der Waals surface area contributed by atoms with E-state index in [1.54, 1.807) is 7.11 Å². The van der Waals surface area contributed by atoms with Gasteiger partial charge in [0.15, 0.2) is 0 Å². The number of rotatable bonds is 17. The second-order valence-electron chi connectivity index (χ2n) is 11.3. The molecule has 2 aliphatic rings. The van der Waals surface area contributed by atoms with Crippen LogP contribution in [0.15, 0.2) is 72.8 Å². The minimum Gasteiger partial charge on any atom is -0.496 e. The van der Waals surface area contributed by atoms with Gasteiger partial charge < -0.3 is 33.9 Å². The molecule has 2 unspecified atom stereocenters. The number of nitrogens with zero attached hydrogens (tertiary/aromatic N) is 1. The minimum atomic E-state index is 0.0796. The lowest BCUT2D eigenvalue weighted by Gasteiger charge is -2.32. The summed E-state index contributed by atoms with van der Waals surface area (Å²) in [6.45, 7) is 6.15. The molecule has 3 aromatic rings. The molecule has 0 saturated carbocycles. The maximum Gasteiger partial charge on any atom is 0.222 e. The zero-order valence-corrected chi connectivity index (χ0v) is 25.9. The summed E-state index contributed by atoms with van der Waals surface area (Å²) in [5, 5.41) is 3.48.